The minimum absolute atomic E-state index is 0.126. The van der Waals surface area contributed by atoms with Crippen molar-refractivity contribution in [3.63, 3.8) is 0 Å². The number of esters is 1. The predicted molar refractivity (Wildman–Crippen MR) is 64.6 cm³/mol. The Kier molecular flexibility index (Phi) is 6.17. The van der Waals surface area contributed by atoms with Crippen molar-refractivity contribution in [3.8, 4) is 6.07 Å². The van der Waals surface area contributed by atoms with E-state index >= 15 is 0 Å². The number of nitriles is 1. The first-order valence-electron chi connectivity index (χ1n) is 5.67. The summed E-state index contributed by atoms with van der Waals surface area (Å²) in [6.45, 7) is 6.86. The van der Waals surface area contributed by atoms with E-state index < -0.39 is 23.7 Å². The lowest BCUT2D eigenvalue weighted by atomic mass is 10.2. The van der Waals surface area contributed by atoms with Gasteiger partial charge in [0.1, 0.15) is 11.6 Å². The van der Waals surface area contributed by atoms with Gasteiger partial charge in [-0.3, -0.25) is 4.90 Å². The van der Waals surface area contributed by atoms with Crippen LogP contribution in [0, 0.1) is 11.3 Å². The second kappa shape index (κ2) is 6.84. The molecule has 18 heavy (non-hydrogen) atoms. The van der Waals surface area contributed by atoms with Crippen LogP contribution in [0.4, 0.5) is 4.79 Å². The van der Waals surface area contributed by atoms with Gasteiger partial charge in [0, 0.05) is 6.54 Å². The lowest BCUT2D eigenvalue weighted by Gasteiger charge is -2.29. The maximum absolute atomic E-state index is 11.9. The van der Waals surface area contributed by atoms with E-state index in [-0.39, 0.29) is 13.0 Å². The van der Waals surface area contributed by atoms with Crippen molar-refractivity contribution in [1.29, 1.82) is 5.26 Å². The first-order chi connectivity index (χ1) is 8.22. The predicted octanol–water partition coefficient (Wildman–Crippen LogP) is 1.70. The van der Waals surface area contributed by atoms with Crippen LogP contribution < -0.4 is 0 Å². The van der Waals surface area contributed by atoms with E-state index in [2.05, 4.69) is 4.74 Å². The van der Waals surface area contributed by atoms with Crippen LogP contribution in [0.1, 0.15) is 34.1 Å². The number of hydrogen-bond acceptors (Lipinski definition) is 5. The normalized spacial score (nSPS) is 12.2. The molecule has 0 saturated heterocycles. The molecule has 1 atom stereocenters. The van der Waals surface area contributed by atoms with Crippen LogP contribution >= 0.6 is 0 Å². The van der Waals surface area contributed by atoms with Gasteiger partial charge in [0.2, 0.25) is 0 Å². The van der Waals surface area contributed by atoms with Gasteiger partial charge in [0.25, 0.3) is 0 Å². The third-order valence-corrected chi connectivity index (χ3v) is 2.10. The Labute approximate surface area is 107 Å². The lowest BCUT2D eigenvalue weighted by Crippen LogP contribution is -2.46. The second-order valence-electron chi connectivity index (χ2n) is 4.78. The Morgan fingerprint density at radius 2 is 1.94 bits per heavy atom. The third-order valence-electron chi connectivity index (χ3n) is 2.10. The minimum atomic E-state index is -0.779. The van der Waals surface area contributed by atoms with E-state index in [9.17, 15) is 9.59 Å². The Morgan fingerprint density at radius 1 is 1.39 bits per heavy atom. The van der Waals surface area contributed by atoms with E-state index in [4.69, 9.17) is 10.00 Å². The van der Waals surface area contributed by atoms with Gasteiger partial charge in [0.15, 0.2) is 0 Å². The Hall–Kier alpha value is -1.77. The Morgan fingerprint density at radius 3 is 2.33 bits per heavy atom. The molecular formula is C12H20N2O4. The molecular weight excluding hydrogens is 236 g/mol. The average molecular weight is 256 g/mol. The standard InChI is InChI=1S/C12H20N2O4/c1-9(10(15)17-5)14(8-6-7-13)11(16)18-12(2,3)4/h9H,6,8H2,1-5H3. The molecule has 0 rings (SSSR count). The van der Waals surface area contributed by atoms with Crippen LogP contribution in [0.2, 0.25) is 0 Å². The SMILES string of the molecule is COC(=O)C(C)N(CCC#N)C(=O)OC(C)(C)C. The van der Waals surface area contributed by atoms with Gasteiger partial charge in [-0.25, -0.2) is 9.59 Å². The topological polar surface area (TPSA) is 79.6 Å². The molecule has 0 N–H and O–H groups in total. The number of carbonyl (C=O) groups is 2. The van der Waals surface area contributed by atoms with Crippen molar-refractivity contribution in [2.45, 2.75) is 45.8 Å². The molecule has 0 heterocycles. The van der Waals surface area contributed by atoms with E-state index in [0.717, 1.165) is 0 Å². The van der Waals surface area contributed by atoms with Gasteiger partial charge < -0.3 is 9.47 Å². The highest BCUT2D eigenvalue weighted by atomic mass is 16.6. The first kappa shape index (κ1) is 16.2. The number of carbonyl (C=O) groups excluding carboxylic acids is 2. The summed E-state index contributed by atoms with van der Waals surface area (Å²) in [5.74, 6) is -0.543. The van der Waals surface area contributed by atoms with Crippen molar-refractivity contribution in [3.05, 3.63) is 0 Å². The molecule has 0 aromatic rings. The van der Waals surface area contributed by atoms with Gasteiger partial charge >= 0.3 is 12.1 Å². The van der Waals surface area contributed by atoms with E-state index in [1.165, 1.54) is 18.9 Å². The second-order valence-corrected chi connectivity index (χ2v) is 4.78. The van der Waals surface area contributed by atoms with Crippen LogP contribution in [0.25, 0.3) is 0 Å². The fourth-order valence-electron chi connectivity index (χ4n) is 1.23. The molecule has 0 aromatic carbocycles. The quantitative estimate of drug-likeness (QED) is 0.715. The van der Waals surface area contributed by atoms with Crippen LogP contribution in [0.3, 0.4) is 0 Å². The summed E-state index contributed by atoms with van der Waals surface area (Å²) in [6.07, 6.45) is -0.503. The minimum Gasteiger partial charge on any atom is -0.467 e. The average Bonchev–Trinajstić information content (AvgIpc) is 2.25. The molecule has 1 unspecified atom stereocenters. The molecule has 0 aliphatic carbocycles. The molecule has 0 bridgehead atoms. The maximum Gasteiger partial charge on any atom is 0.411 e. The molecule has 1 amide bonds. The monoisotopic (exact) mass is 256 g/mol. The number of amides is 1. The number of rotatable bonds is 4. The first-order valence-corrected chi connectivity index (χ1v) is 5.67. The molecule has 102 valence electrons. The van der Waals surface area contributed by atoms with Crippen LogP contribution in [-0.2, 0) is 14.3 Å². The highest BCUT2D eigenvalue weighted by molar-refractivity contribution is 5.81. The smallest absolute Gasteiger partial charge is 0.411 e. The fourth-order valence-corrected chi connectivity index (χ4v) is 1.23. The van der Waals surface area contributed by atoms with Crippen molar-refractivity contribution in [2.24, 2.45) is 0 Å². The molecule has 0 saturated carbocycles. The molecule has 0 radical (unpaired) electrons. The summed E-state index contributed by atoms with van der Waals surface area (Å²) < 4.78 is 9.76. The highest BCUT2D eigenvalue weighted by Crippen LogP contribution is 2.13. The van der Waals surface area contributed by atoms with Crippen molar-refractivity contribution in [1.82, 2.24) is 4.90 Å². The van der Waals surface area contributed by atoms with E-state index in [1.54, 1.807) is 20.8 Å². The summed E-state index contributed by atoms with van der Waals surface area (Å²) >= 11 is 0. The Bertz CT molecular complexity index is 341. The molecule has 0 fully saturated rings. The highest BCUT2D eigenvalue weighted by Gasteiger charge is 2.30. The number of ether oxygens (including phenoxy) is 2. The zero-order valence-electron chi connectivity index (χ0n) is 11.5. The molecule has 6 heteroatoms. The molecule has 0 aliphatic rings. The zero-order valence-corrected chi connectivity index (χ0v) is 11.5. The van der Waals surface area contributed by atoms with Crippen molar-refractivity contribution in [2.75, 3.05) is 13.7 Å². The van der Waals surface area contributed by atoms with Gasteiger partial charge in [-0.1, -0.05) is 0 Å². The summed E-state index contributed by atoms with van der Waals surface area (Å²) in [5, 5.41) is 8.56. The Balaban J connectivity index is 4.83. The van der Waals surface area contributed by atoms with Gasteiger partial charge in [-0.05, 0) is 27.7 Å². The molecule has 0 spiro atoms. The number of hydrogen-bond donors (Lipinski definition) is 0. The summed E-state index contributed by atoms with van der Waals surface area (Å²) in [7, 11) is 1.25. The third kappa shape index (κ3) is 5.53. The molecule has 0 aliphatic heterocycles. The van der Waals surface area contributed by atoms with Crippen LogP contribution in [0.15, 0.2) is 0 Å². The molecule has 6 nitrogen and oxygen atoms in total. The maximum atomic E-state index is 11.9. The van der Waals surface area contributed by atoms with Gasteiger partial charge in [-0.2, -0.15) is 5.26 Å². The van der Waals surface area contributed by atoms with Crippen LogP contribution in [0.5, 0.6) is 0 Å². The summed E-state index contributed by atoms with van der Waals surface area (Å²) in [5.41, 5.74) is -0.655. The largest absolute Gasteiger partial charge is 0.467 e. The lowest BCUT2D eigenvalue weighted by molar-refractivity contribution is -0.146. The van der Waals surface area contributed by atoms with E-state index in [1.807, 2.05) is 6.07 Å². The van der Waals surface area contributed by atoms with Crippen LogP contribution in [-0.4, -0.2) is 42.3 Å². The van der Waals surface area contributed by atoms with Gasteiger partial charge in [0.05, 0.1) is 19.6 Å². The van der Waals surface area contributed by atoms with Gasteiger partial charge in [-0.15, -0.1) is 0 Å². The number of methoxy groups -OCH3 is 1. The zero-order chi connectivity index (χ0) is 14.3. The van der Waals surface area contributed by atoms with Crippen molar-refractivity contribution < 1.29 is 19.1 Å². The summed E-state index contributed by atoms with van der Waals surface area (Å²) in [4.78, 5) is 24.5. The van der Waals surface area contributed by atoms with Crippen molar-refractivity contribution >= 4 is 12.1 Å². The summed E-state index contributed by atoms with van der Waals surface area (Å²) in [6, 6.07) is 1.15. The molecule has 0 aromatic heterocycles. The fraction of sp³-hybridized carbons (Fsp3) is 0.750. The van der Waals surface area contributed by atoms with E-state index in [0.29, 0.717) is 0 Å². The number of nitrogens with zero attached hydrogens (tertiary/aromatic N) is 2.